The van der Waals surface area contributed by atoms with E-state index in [1.54, 1.807) is 0 Å². The molecule has 0 atom stereocenters. The van der Waals surface area contributed by atoms with Crippen molar-refractivity contribution in [1.82, 2.24) is 15.0 Å². The summed E-state index contributed by atoms with van der Waals surface area (Å²) in [5.74, 6) is 1.31. The number of nitrogens with zero attached hydrogens (tertiary/aromatic N) is 3. The minimum absolute atomic E-state index is 0.193. The highest BCUT2D eigenvalue weighted by Gasteiger charge is 2.31. The second-order valence-corrected chi connectivity index (χ2v) is 5.14. The maximum absolute atomic E-state index is 11.6. The normalized spacial score (nSPS) is 15.2. The van der Waals surface area contributed by atoms with Gasteiger partial charge in [-0.05, 0) is 19.8 Å². The number of rotatable bonds is 7. The average molecular weight is 267 g/mol. The van der Waals surface area contributed by atoms with Crippen LogP contribution in [0.2, 0.25) is 0 Å². The lowest BCUT2D eigenvalue weighted by molar-refractivity contribution is -0.144. The number of aromatic nitrogens is 2. The fourth-order valence-electron chi connectivity index (χ4n) is 1.87. The molecule has 0 aromatic carbocycles. The van der Waals surface area contributed by atoms with Crippen molar-refractivity contribution in [2.24, 2.45) is 0 Å². The van der Waals surface area contributed by atoms with Crippen LogP contribution in [0.3, 0.4) is 0 Å². The summed E-state index contributed by atoms with van der Waals surface area (Å²) in [7, 11) is 0. The largest absolute Gasteiger partial charge is 0.465 e. The Hall–Kier alpha value is -1.43. The van der Waals surface area contributed by atoms with Crippen molar-refractivity contribution in [3.8, 4) is 0 Å². The van der Waals surface area contributed by atoms with Gasteiger partial charge < -0.3 is 9.26 Å². The van der Waals surface area contributed by atoms with Crippen LogP contribution in [0.1, 0.15) is 51.2 Å². The summed E-state index contributed by atoms with van der Waals surface area (Å²) < 4.78 is 10.2. The first-order valence-electron chi connectivity index (χ1n) is 6.82. The van der Waals surface area contributed by atoms with Gasteiger partial charge in [0, 0.05) is 12.0 Å². The molecule has 0 unspecified atom stereocenters. The summed E-state index contributed by atoms with van der Waals surface area (Å²) in [6.45, 7) is 7.08. The molecule has 0 N–H and O–H groups in total. The molecule has 2 rings (SSSR count). The van der Waals surface area contributed by atoms with E-state index in [0.717, 1.165) is 12.8 Å². The van der Waals surface area contributed by atoms with E-state index in [4.69, 9.17) is 9.26 Å². The van der Waals surface area contributed by atoms with Gasteiger partial charge in [0.2, 0.25) is 5.89 Å². The van der Waals surface area contributed by atoms with Crippen molar-refractivity contribution < 1.29 is 14.1 Å². The highest BCUT2D eigenvalue weighted by atomic mass is 16.5. The van der Waals surface area contributed by atoms with Gasteiger partial charge in [0.15, 0.2) is 5.82 Å². The van der Waals surface area contributed by atoms with Crippen LogP contribution in [0.25, 0.3) is 0 Å². The van der Waals surface area contributed by atoms with Crippen LogP contribution >= 0.6 is 0 Å². The molecule has 0 saturated heterocycles. The Labute approximate surface area is 113 Å². The summed E-state index contributed by atoms with van der Waals surface area (Å²) in [4.78, 5) is 18.0. The molecule has 1 saturated carbocycles. The maximum Gasteiger partial charge on any atom is 0.320 e. The lowest BCUT2D eigenvalue weighted by Gasteiger charge is -2.18. The highest BCUT2D eigenvalue weighted by Crippen LogP contribution is 2.27. The molecule has 1 heterocycles. The molecule has 0 radical (unpaired) electrons. The molecule has 0 amide bonds. The van der Waals surface area contributed by atoms with Crippen LogP contribution in [-0.4, -0.2) is 40.2 Å². The summed E-state index contributed by atoms with van der Waals surface area (Å²) in [6.07, 6.45) is 2.24. The fraction of sp³-hybridized carbons (Fsp3) is 0.769. The third-order valence-corrected chi connectivity index (χ3v) is 3.02. The molecule has 106 valence electrons. The third kappa shape index (κ3) is 4.02. The van der Waals surface area contributed by atoms with Crippen LogP contribution < -0.4 is 0 Å². The fourth-order valence-corrected chi connectivity index (χ4v) is 1.87. The van der Waals surface area contributed by atoms with E-state index in [9.17, 15) is 4.79 Å². The standard InChI is InChI=1S/C13H21N3O3/c1-4-18-12(17)8-16(10-5-6-10)7-11-14-13(9(2)3)19-15-11/h9-10H,4-8H2,1-3H3. The van der Waals surface area contributed by atoms with Crippen molar-refractivity contribution in [2.45, 2.75) is 52.1 Å². The molecule has 0 spiro atoms. The molecular formula is C13H21N3O3. The van der Waals surface area contributed by atoms with E-state index in [0.29, 0.717) is 37.5 Å². The van der Waals surface area contributed by atoms with Gasteiger partial charge in [-0.25, -0.2) is 0 Å². The molecule has 0 aliphatic heterocycles. The predicted octanol–water partition coefficient (Wildman–Crippen LogP) is 1.72. The van der Waals surface area contributed by atoms with E-state index in [2.05, 4.69) is 15.0 Å². The molecule has 1 fully saturated rings. The van der Waals surface area contributed by atoms with E-state index in [-0.39, 0.29) is 11.9 Å². The first kappa shape index (κ1) is 14.0. The molecule has 1 aromatic rings. The lowest BCUT2D eigenvalue weighted by atomic mass is 10.2. The van der Waals surface area contributed by atoms with E-state index in [1.165, 1.54) is 0 Å². The lowest BCUT2D eigenvalue weighted by Crippen LogP contribution is -2.32. The second kappa shape index (κ2) is 6.14. The van der Waals surface area contributed by atoms with Gasteiger partial charge >= 0.3 is 5.97 Å². The van der Waals surface area contributed by atoms with E-state index >= 15 is 0 Å². The Balaban J connectivity index is 1.94. The van der Waals surface area contributed by atoms with Crippen LogP contribution in [-0.2, 0) is 16.1 Å². The Morgan fingerprint density at radius 2 is 2.26 bits per heavy atom. The van der Waals surface area contributed by atoms with Crippen molar-refractivity contribution in [2.75, 3.05) is 13.2 Å². The zero-order chi connectivity index (χ0) is 13.8. The predicted molar refractivity (Wildman–Crippen MR) is 68.5 cm³/mol. The van der Waals surface area contributed by atoms with Crippen molar-refractivity contribution in [1.29, 1.82) is 0 Å². The zero-order valence-electron chi connectivity index (χ0n) is 11.8. The average Bonchev–Trinajstić information content (AvgIpc) is 3.09. The highest BCUT2D eigenvalue weighted by molar-refractivity contribution is 5.71. The number of hydrogen-bond acceptors (Lipinski definition) is 6. The number of hydrogen-bond donors (Lipinski definition) is 0. The third-order valence-electron chi connectivity index (χ3n) is 3.02. The minimum atomic E-state index is -0.193. The number of esters is 1. The van der Waals surface area contributed by atoms with Gasteiger partial charge in [0.25, 0.3) is 0 Å². The monoisotopic (exact) mass is 267 g/mol. The summed E-state index contributed by atoms with van der Waals surface area (Å²) in [5, 5.41) is 3.96. The molecule has 6 heteroatoms. The van der Waals surface area contributed by atoms with Gasteiger partial charge in [-0.1, -0.05) is 19.0 Å². The summed E-state index contributed by atoms with van der Waals surface area (Å²) in [6, 6.07) is 0.449. The number of carbonyl (C=O) groups is 1. The zero-order valence-corrected chi connectivity index (χ0v) is 11.8. The first-order chi connectivity index (χ1) is 9.10. The molecule has 19 heavy (non-hydrogen) atoms. The Kier molecular flexibility index (Phi) is 4.52. The minimum Gasteiger partial charge on any atom is -0.465 e. The van der Waals surface area contributed by atoms with Gasteiger partial charge in [0.05, 0.1) is 19.7 Å². The van der Waals surface area contributed by atoms with Gasteiger partial charge in [-0.3, -0.25) is 9.69 Å². The topological polar surface area (TPSA) is 68.5 Å². The van der Waals surface area contributed by atoms with Crippen molar-refractivity contribution in [3.63, 3.8) is 0 Å². The van der Waals surface area contributed by atoms with Crippen LogP contribution in [0.4, 0.5) is 0 Å². The van der Waals surface area contributed by atoms with Crippen molar-refractivity contribution in [3.05, 3.63) is 11.7 Å². The van der Waals surface area contributed by atoms with Gasteiger partial charge in [-0.2, -0.15) is 4.98 Å². The van der Waals surface area contributed by atoms with Gasteiger partial charge in [-0.15, -0.1) is 0 Å². The molecule has 1 aliphatic rings. The molecular weight excluding hydrogens is 246 g/mol. The van der Waals surface area contributed by atoms with Crippen LogP contribution in [0, 0.1) is 0 Å². The van der Waals surface area contributed by atoms with Crippen LogP contribution in [0.15, 0.2) is 4.52 Å². The molecule has 1 aliphatic carbocycles. The van der Waals surface area contributed by atoms with Crippen molar-refractivity contribution >= 4 is 5.97 Å². The Morgan fingerprint density at radius 3 is 2.79 bits per heavy atom. The summed E-state index contributed by atoms with van der Waals surface area (Å²) in [5.41, 5.74) is 0. The number of ether oxygens (including phenoxy) is 1. The molecule has 6 nitrogen and oxygen atoms in total. The number of carbonyl (C=O) groups excluding carboxylic acids is 1. The van der Waals surface area contributed by atoms with E-state index < -0.39 is 0 Å². The Bertz CT molecular complexity index is 427. The van der Waals surface area contributed by atoms with Gasteiger partial charge in [0.1, 0.15) is 0 Å². The quantitative estimate of drug-likeness (QED) is 0.701. The van der Waals surface area contributed by atoms with Crippen LogP contribution in [0.5, 0.6) is 0 Å². The smallest absolute Gasteiger partial charge is 0.320 e. The second-order valence-electron chi connectivity index (χ2n) is 5.14. The maximum atomic E-state index is 11.6. The van der Waals surface area contributed by atoms with E-state index in [1.807, 2.05) is 20.8 Å². The molecule has 1 aromatic heterocycles. The molecule has 0 bridgehead atoms. The Morgan fingerprint density at radius 1 is 1.53 bits per heavy atom. The first-order valence-corrected chi connectivity index (χ1v) is 6.82. The summed E-state index contributed by atoms with van der Waals surface area (Å²) >= 11 is 0. The SMILES string of the molecule is CCOC(=O)CN(Cc1noc(C(C)C)n1)C1CC1.